The summed E-state index contributed by atoms with van der Waals surface area (Å²) in [6.07, 6.45) is 1.86. The van der Waals surface area contributed by atoms with Gasteiger partial charge < -0.3 is 61.4 Å². The van der Waals surface area contributed by atoms with E-state index in [2.05, 4.69) is 43.7 Å². The van der Waals surface area contributed by atoms with Crippen LogP contribution in [0.3, 0.4) is 0 Å². The minimum Gasteiger partial charge on any atom is -0.488 e. The Bertz CT molecular complexity index is 3140. The fraction of sp³-hybridized carbons (Fsp3) is 0.400. The first kappa shape index (κ1) is 64.6. The number of benzene rings is 5. The number of esters is 1. The predicted octanol–water partition coefficient (Wildman–Crippen LogP) is 8.66. The van der Waals surface area contributed by atoms with Gasteiger partial charge in [-0.2, -0.15) is 0 Å². The van der Waals surface area contributed by atoms with Crippen molar-refractivity contribution in [3.05, 3.63) is 161 Å². The van der Waals surface area contributed by atoms with Crippen molar-refractivity contribution < 1.29 is 57.6 Å². The topological polar surface area (TPSA) is 279 Å². The monoisotopic (exact) mass is 1150 g/mol. The molecule has 0 fully saturated rings. The summed E-state index contributed by atoms with van der Waals surface area (Å²) in [4.78, 5) is 93.1. The van der Waals surface area contributed by atoms with Gasteiger partial charge >= 0.3 is 24.2 Å². The van der Waals surface area contributed by atoms with Crippen molar-refractivity contribution in [2.45, 2.75) is 141 Å². The third kappa shape index (κ3) is 19.5. The van der Waals surface area contributed by atoms with Gasteiger partial charge in [-0.15, -0.1) is 0 Å². The lowest BCUT2D eigenvalue weighted by Gasteiger charge is -2.26. The number of amides is 4. The molecule has 5 aromatic carbocycles. The smallest absolute Gasteiger partial charge is 0.488 e. The highest BCUT2D eigenvalue weighted by atomic mass is 16.7. The standard InChI is InChI=1S/C40H58N6O8.C25H23NO4/c1-24(2)33(37(50)51)46-35(48)31(15-11-12-20-42-38(52)54-40(6,7)8)44-36(49)32(22-26-23-43-30-14-10-9-13-28(26)30)45-34(47)29(41)21-25-16-18-27(19-17-25)53-39(3,4)5;1-26-23(15-17-9-3-2-4-10-17)24(27)30-25(28)29-16-22-20-13-7-5-11-18(20)19-12-6-8-14-21(19)22/h9-10,13-14,16-19,23-24,29,31-33,43H,11-12,15,20-22,41H2,1-8H3,(H,42,52)(H,44,49)(H,45,47)(H,46,48)(H,50,51);2-14,22-23,26H,15-16H2,1H3/t29-,31-,32+,33-;23-/m00/s1. The van der Waals surface area contributed by atoms with Gasteiger partial charge in [0, 0.05) is 36.0 Å². The molecule has 0 saturated heterocycles. The quantitative estimate of drug-likeness (QED) is 0.0160. The number of unbranched alkanes of at least 4 members (excludes halogenated alkanes) is 1. The van der Waals surface area contributed by atoms with Crippen LogP contribution >= 0.6 is 0 Å². The summed E-state index contributed by atoms with van der Waals surface area (Å²) < 4.78 is 21.4. The zero-order valence-electron chi connectivity index (χ0n) is 49.4. The predicted molar refractivity (Wildman–Crippen MR) is 321 cm³/mol. The molecule has 1 aliphatic rings. The zero-order chi connectivity index (χ0) is 61.1. The number of aromatic amines is 1. The Morgan fingerprint density at radius 1 is 0.643 bits per heavy atom. The molecule has 6 aromatic rings. The zero-order valence-corrected chi connectivity index (χ0v) is 49.4. The van der Waals surface area contributed by atoms with Gasteiger partial charge in [0.15, 0.2) is 0 Å². The Balaban J connectivity index is 0.000000315. The summed E-state index contributed by atoms with van der Waals surface area (Å²) >= 11 is 0. The molecular weight excluding hydrogens is 1070 g/mol. The number of aliphatic carboxylic acids is 1. The average molecular weight is 1150 g/mol. The molecule has 0 aliphatic heterocycles. The maximum atomic E-state index is 14.1. The first-order chi connectivity index (χ1) is 39.9. The van der Waals surface area contributed by atoms with E-state index in [-0.39, 0.29) is 43.9 Å². The van der Waals surface area contributed by atoms with Crippen LogP contribution in [0, 0.1) is 5.92 Å². The summed E-state index contributed by atoms with van der Waals surface area (Å²) in [7, 11) is 1.66. The number of H-pyrrole nitrogens is 1. The maximum Gasteiger partial charge on any atom is 0.516 e. The number of likely N-dealkylation sites (N-methyl/N-ethyl adjacent to an activating group) is 1. The molecule has 7 rings (SSSR count). The number of para-hydroxylation sites is 1. The number of aromatic nitrogens is 1. The number of carbonyl (C=O) groups excluding carboxylic acids is 6. The first-order valence-electron chi connectivity index (χ1n) is 28.4. The molecule has 448 valence electrons. The molecule has 4 amide bonds. The molecule has 0 radical (unpaired) electrons. The van der Waals surface area contributed by atoms with Crippen LogP contribution in [0.15, 0.2) is 134 Å². The summed E-state index contributed by atoms with van der Waals surface area (Å²) in [5.74, 6) is -3.59. The van der Waals surface area contributed by atoms with E-state index in [1.54, 1.807) is 47.9 Å². The van der Waals surface area contributed by atoms with Gasteiger partial charge in [-0.3, -0.25) is 14.4 Å². The van der Waals surface area contributed by atoms with E-state index in [0.29, 0.717) is 25.0 Å². The number of rotatable bonds is 24. The van der Waals surface area contributed by atoms with Gasteiger partial charge in [0.2, 0.25) is 17.7 Å². The molecule has 19 nitrogen and oxygen atoms in total. The minimum absolute atomic E-state index is 0.0744. The number of nitrogens with two attached hydrogens (primary N) is 1. The van der Waals surface area contributed by atoms with Gasteiger partial charge in [0.25, 0.3) is 0 Å². The minimum atomic E-state index is -1.21. The highest BCUT2D eigenvalue weighted by molar-refractivity contribution is 5.95. The number of fused-ring (bicyclic) bond motifs is 4. The van der Waals surface area contributed by atoms with Crippen LogP contribution in [0.2, 0.25) is 0 Å². The molecule has 1 aromatic heterocycles. The number of hydrogen-bond donors (Lipinski definition) is 8. The molecular formula is C65H81N7O12. The van der Waals surface area contributed by atoms with Crippen LogP contribution in [-0.4, -0.2) is 114 Å². The third-order valence-corrected chi connectivity index (χ3v) is 13.8. The van der Waals surface area contributed by atoms with Crippen LogP contribution in [0.4, 0.5) is 9.59 Å². The second-order valence-corrected chi connectivity index (χ2v) is 23.1. The molecule has 1 aliphatic carbocycles. The maximum absolute atomic E-state index is 14.1. The van der Waals surface area contributed by atoms with Crippen LogP contribution in [0.1, 0.15) is 108 Å². The highest BCUT2D eigenvalue weighted by Gasteiger charge is 2.33. The van der Waals surface area contributed by atoms with Crippen molar-refractivity contribution in [1.29, 1.82) is 0 Å². The summed E-state index contributed by atoms with van der Waals surface area (Å²) in [5.41, 5.74) is 13.2. The number of carboxylic acids is 1. The molecule has 0 saturated carbocycles. The van der Waals surface area contributed by atoms with Crippen molar-refractivity contribution in [2.75, 3.05) is 20.2 Å². The molecule has 0 bridgehead atoms. The molecule has 5 atom stereocenters. The van der Waals surface area contributed by atoms with Gasteiger partial charge in [0.1, 0.15) is 47.7 Å². The molecule has 0 unspecified atom stereocenters. The lowest BCUT2D eigenvalue weighted by atomic mass is 9.98. The van der Waals surface area contributed by atoms with Gasteiger partial charge in [-0.1, -0.05) is 123 Å². The Labute approximate surface area is 491 Å². The number of nitrogens with one attached hydrogen (secondary N) is 6. The summed E-state index contributed by atoms with van der Waals surface area (Å²) in [5, 5.41) is 24.3. The van der Waals surface area contributed by atoms with Crippen molar-refractivity contribution in [1.82, 2.24) is 31.6 Å². The van der Waals surface area contributed by atoms with Crippen molar-refractivity contribution in [3.8, 4) is 16.9 Å². The molecule has 9 N–H and O–H groups in total. The van der Waals surface area contributed by atoms with E-state index < -0.39 is 83.6 Å². The van der Waals surface area contributed by atoms with Crippen LogP contribution in [0.5, 0.6) is 5.75 Å². The fourth-order valence-electron chi connectivity index (χ4n) is 9.62. The number of ether oxygens (including phenoxy) is 4. The SMILES string of the molecule is CC(C)[C@H](NC(=O)[C@H](CCCCNC(=O)OC(C)(C)C)NC(=O)[C@@H](Cc1c[nH]c2ccccc12)NC(=O)[C@@H](N)Cc1ccc(OC(C)(C)C)cc1)C(=O)O.CN[C@@H](Cc1ccccc1)C(=O)OC(=O)OCC1c2ccccc2-c2ccccc21. The summed E-state index contributed by atoms with van der Waals surface area (Å²) in [6.45, 7) is 14.8. The van der Waals surface area contributed by atoms with E-state index in [1.807, 2.05) is 136 Å². The second kappa shape index (κ2) is 30.1. The van der Waals surface area contributed by atoms with E-state index in [9.17, 15) is 38.7 Å². The lowest BCUT2D eigenvalue weighted by molar-refractivity contribution is -0.144. The van der Waals surface area contributed by atoms with Crippen molar-refractivity contribution in [3.63, 3.8) is 0 Å². The highest BCUT2D eigenvalue weighted by Crippen LogP contribution is 2.44. The normalized spacial score (nSPS) is 13.8. The average Bonchev–Trinajstić information content (AvgIpc) is 2.35. The number of hydrogen-bond acceptors (Lipinski definition) is 13. The summed E-state index contributed by atoms with van der Waals surface area (Å²) in [6, 6.07) is 35.4. The number of carbonyl (C=O) groups is 7. The molecule has 19 heteroatoms. The largest absolute Gasteiger partial charge is 0.516 e. The van der Waals surface area contributed by atoms with Gasteiger partial charge in [-0.05, 0) is 144 Å². The Hall–Kier alpha value is -8.55. The molecule has 84 heavy (non-hydrogen) atoms. The van der Waals surface area contributed by atoms with Gasteiger partial charge in [0.05, 0.1) is 6.04 Å². The Kier molecular flexibility index (Phi) is 23.2. The van der Waals surface area contributed by atoms with Crippen LogP contribution in [-0.2, 0) is 57.4 Å². The van der Waals surface area contributed by atoms with E-state index in [0.717, 1.165) is 49.8 Å². The van der Waals surface area contributed by atoms with Crippen LogP contribution < -0.4 is 37.1 Å². The number of alkyl carbamates (subject to hydrolysis) is 1. The van der Waals surface area contributed by atoms with E-state index in [4.69, 9.17) is 24.7 Å². The Morgan fingerprint density at radius 3 is 1.83 bits per heavy atom. The second-order valence-electron chi connectivity index (χ2n) is 23.1. The van der Waals surface area contributed by atoms with E-state index >= 15 is 0 Å². The molecule has 1 heterocycles. The first-order valence-corrected chi connectivity index (χ1v) is 28.4. The van der Waals surface area contributed by atoms with Crippen molar-refractivity contribution >= 4 is 52.8 Å². The molecule has 0 spiro atoms. The van der Waals surface area contributed by atoms with E-state index in [1.165, 1.54) is 0 Å². The fourth-order valence-corrected chi connectivity index (χ4v) is 9.62. The number of carboxylic acid groups (broad SMARTS) is 1. The van der Waals surface area contributed by atoms with Crippen molar-refractivity contribution in [2.24, 2.45) is 11.7 Å². The van der Waals surface area contributed by atoms with Crippen LogP contribution in [0.25, 0.3) is 22.0 Å². The third-order valence-electron chi connectivity index (χ3n) is 13.8. The lowest BCUT2D eigenvalue weighted by Crippen LogP contribution is -2.58. The Morgan fingerprint density at radius 2 is 1.23 bits per heavy atom. The van der Waals surface area contributed by atoms with Gasteiger partial charge in [-0.25, -0.2) is 19.2 Å².